The van der Waals surface area contributed by atoms with Gasteiger partial charge in [-0.25, -0.2) is 0 Å². The van der Waals surface area contributed by atoms with Crippen LogP contribution in [0.2, 0.25) is 0 Å². The third kappa shape index (κ3) is 1.91. The van der Waals surface area contributed by atoms with E-state index < -0.39 is 0 Å². The molecule has 2 aromatic heterocycles. The van der Waals surface area contributed by atoms with Crippen LogP contribution in [-0.2, 0) is 16.0 Å². The Kier molecular flexibility index (Phi) is 2.83. The summed E-state index contributed by atoms with van der Waals surface area (Å²) in [6.45, 7) is 1.47. The Bertz CT molecular complexity index is 619. The molecule has 0 spiro atoms. The highest BCUT2D eigenvalue weighted by molar-refractivity contribution is 9.10. The van der Waals surface area contributed by atoms with Gasteiger partial charge in [0.05, 0.1) is 43.1 Å². The number of carbonyl (C=O) groups is 1. The summed E-state index contributed by atoms with van der Waals surface area (Å²) in [6, 6.07) is 2.28. The van der Waals surface area contributed by atoms with Gasteiger partial charge in [-0.15, -0.1) is 0 Å². The van der Waals surface area contributed by atoms with E-state index in [2.05, 4.69) is 25.5 Å². The van der Waals surface area contributed by atoms with Crippen LogP contribution in [0.5, 0.6) is 0 Å². The molecule has 18 heavy (non-hydrogen) atoms. The van der Waals surface area contributed by atoms with Crippen LogP contribution in [0.4, 0.5) is 0 Å². The minimum absolute atomic E-state index is 0.167. The second-order valence-corrected chi connectivity index (χ2v) is 5.27. The summed E-state index contributed by atoms with van der Waals surface area (Å²) in [7, 11) is 0. The third-order valence-corrected chi connectivity index (χ3v) is 3.73. The number of nitrogens with zero attached hydrogens (tertiary/aromatic N) is 2. The van der Waals surface area contributed by atoms with E-state index in [-0.39, 0.29) is 12.3 Å². The first kappa shape index (κ1) is 11.7. The lowest BCUT2D eigenvalue weighted by Gasteiger charge is -2.28. The number of halogens is 1. The molecule has 0 bridgehead atoms. The zero-order valence-corrected chi connectivity index (χ0v) is 11.2. The average Bonchev–Trinajstić information content (AvgIpc) is 2.53. The molecule has 0 aliphatic carbocycles. The average molecular weight is 310 g/mol. The SMILES string of the molecule is NC(=O)Cc1cc2c(Br)cn(C3COC3)c2cn1. The third-order valence-electron chi connectivity index (χ3n) is 3.10. The lowest BCUT2D eigenvalue weighted by atomic mass is 10.2. The molecule has 2 aromatic rings. The van der Waals surface area contributed by atoms with Gasteiger partial charge in [0.25, 0.3) is 0 Å². The van der Waals surface area contributed by atoms with E-state index in [0.29, 0.717) is 11.7 Å². The fraction of sp³-hybridized carbons (Fsp3) is 0.333. The Labute approximate surface area is 112 Å². The van der Waals surface area contributed by atoms with E-state index in [4.69, 9.17) is 10.5 Å². The highest BCUT2D eigenvalue weighted by atomic mass is 79.9. The van der Waals surface area contributed by atoms with Crippen LogP contribution < -0.4 is 5.73 Å². The summed E-state index contributed by atoms with van der Waals surface area (Å²) >= 11 is 3.53. The summed E-state index contributed by atoms with van der Waals surface area (Å²) in [6.07, 6.45) is 3.99. The fourth-order valence-corrected chi connectivity index (χ4v) is 2.65. The number of carbonyl (C=O) groups excluding carboxylic acids is 1. The van der Waals surface area contributed by atoms with Crippen molar-refractivity contribution in [2.75, 3.05) is 13.2 Å². The smallest absolute Gasteiger partial charge is 0.223 e. The molecule has 0 atom stereocenters. The summed E-state index contributed by atoms with van der Waals surface area (Å²) in [5, 5.41) is 1.05. The molecule has 2 N–H and O–H groups in total. The number of fused-ring (bicyclic) bond motifs is 1. The monoisotopic (exact) mass is 309 g/mol. The van der Waals surface area contributed by atoms with Gasteiger partial charge in [0.2, 0.25) is 5.91 Å². The molecule has 1 saturated heterocycles. The number of hydrogen-bond acceptors (Lipinski definition) is 3. The highest BCUT2D eigenvalue weighted by Gasteiger charge is 2.23. The molecular formula is C12H12BrN3O2. The predicted molar refractivity (Wildman–Crippen MR) is 70.2 cm³/mol. The lowest BCUT2D eigenvalue weighted by Crippen LogP contribution is -2.30. The summed E-state index contributed by atoms with van der Waals surface area (Å²) < 4.78 is 8.36. The van der Waals surface area contributed by atoms with E-state index >= 15 is 0 Å². The minimum atomic E-state index is -0.371. The van der Waals surface area contributed by atoms with Crippen molar-refractivity contribution in [1.82, 2.24) is 9.55 Å². The summed E-state index contributed by atoms with van der Waals surface area (Å²) in [5.41, 5.74) is 6.92. The van der Waals surface area contributed by atoms with E-state index in [1.165, 1.54) is 0 Å². The Balaban J connectivity index is 2.06. The van der Waals surface area contributed by atoms with Crippen LogP contribution in [-0.4, -0.2) is 28.7 Å². The number of aromatic nitrogens is 2. The number of amides is 1. The number of nitrogens with two attached hydrogens (primary N) is 1. The van der Waals surface area contributed by atoms with E-state index in [9.17, 15) is 4.79 Å². The van der Waals surface area contributed by atoms with E-state index in [0.717, 1.165) is 28.6 Å². The largest absolute Gasteiger partial charge is 0.377 e. The zero-order valence-electron chi connectivity index (χ0n) is 9.60. The van der Waals surface area contributed by atoms with Crippen LogP contribution in [0.1, 0.15) is 11.7 Å². The van der Waals surface area contributed by atoms with Crippen LogP contribution in [0.15, 0.2) is 22.9 Å². The first-order valence-corrected chi connectivity index (χ1v) is 6.45. The molecule has 1 fully saturated rings. The Morgan fingerprint density at radius 3 is 3.00 bits per heavy atom. The fourth-order valence-electron chi connectivity index (χ4n) is 2.11. The molecular weight excluding hydrogens is 298 g/mol. The van der Waals surface area contributed by atoms with Crippen molar-refractivity contribution < 1.29 is 9.53 Å². The van der Waals surface area contributed by atoms with Crippen LogP contribution in [0.25, 0.3) is 10.9 Å². The minimum Gasteiger partial charge on any atom is -0.377 e. The first-order valence-electron chi connectivity index (χ1n) is 5.66. The Morgan fingerprint density at radius 1 is 1.61 bits per heavy atom. The molecule has 0 unspecified atom stereocenters. The van der Waals surface area contributed by atoms with Gasteiger partial charge in [-0.3, -0.25) is 9.78 Å². The van der Waals surface area contributed by atoms with Crippen LogP contribution in [0.3, 0.4) is 0 Å². The van der Waals surface area contributed by atoms with Crippen LogP contribution >= 0.6 is 15.9 Å². The van der Waals surface area contributed by atoms with Gasteiger partial charge in [-0.2, -0.15) is 0 Å². The van der Waals surface area contributed by atoms with E-state index in [1.54, 1.807) is 6.20 Å². The van der Waals surface area contributed by atoms with Crippen molar-refractivity contribution in [1.29, 1.82) is 0 Å². The Hall–Kier alpha value is -1.40. The van der Waals surface area contributed by atoms with Crippen molar-refractivity contribution in [3.8, 4) is 0 Å². The number of ether oxygens (including phenoxy) is 1. The van der Waals surface area contributed by atoms with Crippen molar-refractivity contribution in [3.05, 3.63) is 28.6 Å². The molecule has 3 heterocycles. The van der Waals surface area contributed by atoms with Gasteiger partial charge in [0.15, 0.2) is 0 Å². The molecule has 0 aromatic carbocycles. The van der Waals surface area contributed by atoms with Gasteiger partial charge in [0.1, 0.15) is 0 Å². The molecule has 3 rings (SSSR count). The molecule has 6 heteroatoms. The maximum absolute atomic E-state index is 10.9. The standard InChI is InChI=1S/C12H12BrN3O2/c13-10-4-16(8-5-18-6-8)11-3-15-7(1-9(10)11)2-12(14)17/h1,3-4,8H,2,5-6H2,(H2,14,17). The second kappa shape index (κ2) is 4.37. The molecule has 5 nitrogen and oxygen atoms in total. The number of primary amides is 1. The molecule has 1 aliphatic heterocycles. The molecule has 1 amide bonds. The highest BCUT2D eigenvalue weighted by Crippen LogP contribution is 2.31. The van der Waals surface area contributed by atoms with Crippen LogP contribution in [0, 0.1) is 0 Å². The zero-order chi connectivity index (χ0) is 12.7. The van der Waals surface area contributed by atoms with E-state index in [1.807, 2.05) is 12.3 Å². The van der Waals surface area contributed by atoms with Crippen molar-refractivity contribution in [3.63, 3.8) is 0 Å². The maximum atomic E-state index is 10.9. The van der Waals surface area contributed by atoms with Crippen molar-refractivity contribution >= 4 is 32.7 Å². The molecule has 1 aliphatic rings. The summed E-state index contributed by atoms with van der Waals surface area (Å²) in [5.74, 6) is -0.371. The van der Waals surface area contributed by atoms with Crippen molar-refractivity contribution in [2.24, 2.45) is 5.73 Å². The quantitative estimate of drug-likeness (QED) is 0.931. The van der Waals surface area contributed by atoms with Crippen molar-refractivity contribution in [2.45, 2.75) is 12.5 Å². The maximum Gasteiger partial charge on any atom is 0.223 e. The number of pyridine rings is 1. The molecule has 0 radical (unpaired) electrons. The second-order valence-electron chi connectivity index (χ2n) is 4.41. The number of hydrogen-bond donors (Lipinski definition) is 1. The first-order chi connectivity index (χ1) is 8.65. The molecule has 94 valence electrons. The Morgan fingerprint density at radius 2 is 2.39 bits per heavy atom. The summed E-state index contributed by atoms with van der Waals surface area (Å²) in [4.78, 5) is 15.2. The van der Waals surface area contributed by atoms with Gasteiger partial charge < -0.3 is 15.0 Å². The van der Waals surface area contributed by atoms with Gasteiger partial charge >= 0.3 is 0 Å². The van der Waals surface area contributed by atoms with Gasteiger partial charge in [0, 0.05) is 16.1 Å². The van der Waals surface area contributed by atoms with Gasteiger partial charge in [-0.1, -0.05) is 0 Å². The lowest BCUT2D eigenvalue weighted by molar-refractivity contribution is -0.117. The predicted octanol–water partition coefficient (Wildman–Crippen LogP) is 1.40. The molecule has 0 saturated carbocycles. The topological polar surface area (TPSA) is 70.1 Å². The normalized spacial score (nSPS) is 15.8. The number of rotatable bonds is 3. The van der Waals surface area contributed by atoms with Gasteiger partial charge in [-0.05, 0) is 22.0 Å².